The summed E-state index contributed by atoms with van der Waals surface area (Å²) < 4.78 is 0. The number of benzene rings is 1. The summed E-state index contributed by atoms with van der Waals surface area (Å²) in [6, 6.07) is 10.7. The van der Waals surface area contributed by atoms with Gasteiger partial charge in [-0.25, -0.2) is 0 Å². The summed E-state index contributed by atoms with van der Waals surface area (Å²) in [6.45, 7) is 7.63. The van der Waals surface area contributed by atoms with Gasteiger partial charge < -0.3 is 15.5 Å². The van der Waals surface area contributed by atoms with Crippen molar-refractivity contribution in [3.63, 3.8) is 0 Å². The van der Waals surface area contributed by atoms with Crippen LogP contribution in [0.2, 0.25) is 0 Å². The second-order valence-electron chi connectivity index (χ2n) is 6.10. The third kappa shape index (κ3) is 5.58. The molecule has 138 valence electrons. The van der Waals surface area contributed by atoms with Crippen LogP contribution < -0.4 is 15.5 Å². The zero-order chi connectivity index (χ0) is 18.9. The number of hydrogen-bond acceptors (Lipinski definition) is 4. The van der Waals surface area contributed by atoms with Gasteiger partial charge in [0.05, 0.1) is 0 Å². The Kier molecular flexibility index (Phi) is 7.14. The highest BCUT2D eigenvalue weighted by Gasteiger charge is 2.11. The number of amides is 2. The summed E-state index contributed by atoms with van der Waals surface area (Å²) in [6.07, 6.45) is 3.76. The van der Waals surface area contributed by atoms with Crippen LogP contribution in [-0.4, -0.2) is 29.9 Å². The van der Waals surface area contributed by atoms with Gasteiger partial charge in [-0.05, 0) is 49.2 Å². The van der Waals surface area contributed by atoms with Crippen molar-refractivity contribution in [2.24, 2.45) is 0 Å². The summed E-state index contributed by atoms with van der Waals surface area (Å²) >= 11 is 0. The minimum Gasteiger partial charge on any atom is -0.371 e. The number of rotatable bonds is 8. The average molecular weight is 354 g/mol. The molecule has 0 radical (unpaired) electrons. The average Bonchev–Trinajstić information content (AvgIpc) is 2.63. The van der Waals surface area contributed by atoms with Gasteiger partial charge in [0, 0.05) is 43.3 Å². The lowest BCUT2D eigenvalue weighted by molar-refractivity contribution is -0.114. The van der Waals surface area contributed by atoms with Crippen molar-refractivity contribution < 1.29 is 9.59 Å². The molecule has 2 amide bonds. The standard InChI is InChI=1S/C20H26N4O2/c1-4-12-24(13-5-2)18-10-11-21-19(14-18)20(26)23-17-8-6-16(7-9-17)22-15(3)25/h6-11,14H,4-5,12-13H2,1-3H3,(H,22,25)(H,23,26). The van der Waals surface area contributed by atoms with E-state index in [1.807, 2.05) is 12.1 Å². The SMILES string of the molecule is CCCN(CCC)c1ccnc(C(=O)Nc2ccc(NC(C)=O)cc2)c1. The van der Waals surface area contributed by atoms with Crippen LogP contribution in [0, 0.1) is 0 Å². The molecule has 26 heavy (non-hydrogen) atoms. The van der Waals surface area contributed by atoms with Gasteiger partial charge in [0.25, 0.3) is 5.91 Å². The zero-order valence-electron chi connectivity index (χ0n) is 15.6. The molecule has 0 spiro atoms. The van der Waals surface area contributed by atoms with E-state index in [1.165, 1.54) is 6.92 Å². The topological polar surface area (TPSA) is 74.3 Å². The lowest BCUT2D eigenvalue weighted by Gasteiger charge is -2.23. The predicted molar refractivity (Wildman–Crippen MR) is 106 cm³/mol. The van der Waals surface area contributed by atoms with Gasteiger partial charge >= 0.3 is 0 Å². The van der Waals surface area contributed by atoms with E-state index in [0.717, 1.165) is 31.6 Å². The van der Waals surface area contributed by atoms with E-state index in [0.29, 0.717) is 17.1 Å². The van der Waals surface area contributed by atoms with Crippen LogP contribution in [0.25, 0.3) is 0 Å². The molecule has 0 fully saturated rings. The largest absolute Gasteiger partial charge is 0.371 e. The van der Waals surface area contributed by atoms with Crippen molar-refractivity contribution in [3.05, 3.63) is 48.3 Å². The Bertz CT molecular complexity index is 738. The fourth-order valence-electron chi connectivity index (χ4n) is 2.69. The number of hydrogen-bond donors (Lipinski definition) is 2. The Labute approximate surface area is 154 Å². The Hall–Kier alpha value is -2.89. The van der Waals surface area contributed by atoms with Crippen LogP contribution in [0.1, 0.15) is 44.1 Å². The highest BCUT2D eigenvalue weighted by molar-refractivity contribution is 6.03. The maximum absolute atomic E-state index is 12.5. The minimum absolute atomic E-state index is 0.133. The molecule has 6 nitrogen and oxygen atoms in total. The van der Waals surface area contributed by atoms with E-state index in [1.54, 1.807) is 30.5 Å². The quantitative estimate of drug-likeness (QED) is 0.753. The van der Waals surface area contributed by atoms with Gasteiger partial charge in [0.1, 0.15) is 5.69 Å². The summed E-state index contributed by atoms with van der Waals surface area (Å²) in [4.78, 5) is 30.0. The normalized spacial score (nSPS) is 10.3. The van der Waals surface area contributed by atoms with E-state index in [-0.39, 0.29) is 11.8 Å². The lowest BCUT2D eigenvalue weighted by atomic mass is 10.2. The Balaban J connectivity index is 2.09. The van der Waals surface area contributed by atoms with Gasteiger partial charge in [0.15, 0.2) is 0 Å². The first-order valence-electron chi connectivity index (χ1n) is 8.93. The Morgan fingerprint density at radius 1 is 0.962 bits per heavy atom. The summed E-state index contributed by atoms with van der Waals surface area (Å²) in [5.74, 6) is -0.390. The van der Waals surface area contributed by atoms with Crippen LogP contribution in [0.15, 0.2) is 42.6 Å². The molecule has 0 unspecified atom stereocenters. The molecule has 1 heterocycles. The molecule has 1 aromatic heterocycles. The number of anilines is 3. The summed E-state index contributed by atoms with van der Waals surface area (Å²) in [7, 11) is 0. The summed E-state index contributed by atoms with van der Waals surface area (Å²) in [5.41, 5.74) is 2.72. The molecule has 2 N–H and O–H groups in total. The molecule has 0 atom stereocenters. The first-order chi connectivity index (χ1) is 12.5. The number of nitrogens with one attached hydrogen (secondary N) is 2. The molecule has 0 saturated heterocycles. The monoisotopic (exact) mass is 354 g/mol. The third-order valence-corrected chi connectivity index (χ3v) is 3.79. The van der Waals surface area contributed by atoms with Gasteiger partial charge in [-0.3, -0.25) is 14.6 Å². The van der Waals surface area contributed by atoms with Crippen LogP contribution in [0.5, 0.6) is 0 Å². The Morgan fingerprint density at radius 3 is 2.08 bits per heavy atom. The Morgan fingerprint density at radius 2 is 1.54 bits per heavy atom. The molecular formula is C20H26N4O2. The smallest absolute Gasteiger partial charge is 0.274 e. The van der Waals surface area contributed by atoms with Crippen molar-refractivity contribution in [2.75, 3.05) is 28.6 Å². The fourth-order valence-corrected chi connectivity index (χ4v) is 2.69. The third-order valence-electron chi connectivity index (χ3n) is 3.79. The van der Waals surface area contributed by atoms with Crippen LogP contribution >= 0.6 is 0 Å². The van der Waals surface area contributed by atoms with Gasteiger partial charge in [-0.1, -0.05) is 13.8 Å². The highest BCUT2D eigenvalue weighted by atomic mass is 16.2. The molecule has 1 aromatic carbocycles. The van der Waals surface area contributed by atoms with Crippen molar-refractivity contribution in [1.29, 1.82) is 0 Å². The van der Waals surface area contributed by atoms with E-state index in [2.05, 4.69) is 34.4 Å². The number of nitrogens with zero attached hydrogens (tertiary/aromatic N) is 2. The summed E-state index contributed by atoms with van der Waals surface area (Å²) in [5, 5.41) is 5.53. The molecule has 6 heteroatoms. The number of carbonyl (C=O) groups is 2. The lowest BCUT2D eigenvalue weighted by Crippen LogP contribution is -2.25. The molecular weight excluding hydrogens is 328 g/mol. The molecule has 0 aliphatic heterocycles. The highest BCUT2D eigenvalue weighted by Crippen LogP contribution is 2.18. The number of carbonyl (C=O) groups excluding carboxylic acids is 2. The molecule has 0 bridgehead atoms. The molecule has 0 saturated carbocycles. The van der Waals surface area contributed by atoms with Crippen molar-refractivity contribution >= 4 is 28.9 Å². The van der Waals surface area contributed by atoms with Crippen molar-refractivity contribution in [1.82, 2.24) is 4.98 Å². The van der Waals surface area contributed by atoms with Gasteiger partial charge in [-0.2, -0.15) is 0 Å². The first kappa shape index (κ1) is 19.4. The first-order valence-corrected chi connectivity index (χ1v) is 8.93. The van der Waals surface area contributed by atoms with E-state index >= 15 is 0 Å². The van der Waals surface area contributed by atoms with Gasteiger partial charge in [-0.15, -0.1) is 0 Å². The van der Waals surface area contributed by atoms with Gasteiger partial charge in [0.2, 0.25) is 5.91 Å². The van der Waals surface area contributed by atoms with E-state index in [4.69, 9.17) is 0 Å². The van der Waals surface area contributed by atoms with Crippen molar-refractivity contribution in [2.45, 2.75) is 33.6 Å². The van der Waals surface area contributed by atoms with Crippen LogP contribution in [0.4, 0.5) is 17.1 Å². The van der Waals surface area contributed by atoms with Crippen molar-refractivity contribution in [3.8, 4) is 0 Å². The minimum atomic E-state index is -0.257. The second kappa shape index (κ2) is 9.56. The maximum Gasteiger partial charge on any atom is 0.274 e. The second-order valence-corrected chi connectivity index (χ2v) is 6.10. The fraction of sp³-hybridized carbons (Fsp3) is 0.350. The number of pyridine rings is 1. The van der Waals surface area contributed by atoms with Crippen LogP contribution in [0.3, 0.4) is 0 Å². The predicted octanol–water partition coefficient (Wildman–Crippen LogP) is 3.92. The molecule has 0 aliphatic carbocycles. The number of aromatic nitrogens is 1. The molecule has 2 rings (SSSR count). The maximum atomic E-state index is 12.5. The zero-order valence-corrected chi connectivity index (χ0v) is 15.6. The van der Waals surface area contributed by atoms with Crippen LogP contribution in [-0.2, 0) is 4.79 Å². The molecule has 0 aliphatic rings. The van der Waals surface area contributed by atoms with E-state index in [9.17, 15) is 9.59 Å². The molecule has 2 aromatic rings. The van der Waals surface area contributed by atoms with E-state index < -0.39 is 0 Å².